The molecule has 0 unspecified atom stereocenters. The summed E-state index contributed by atoms with van der Waals surface area (Å²) in [5.74, 6) is -0.138. The van der Waals surface area contributed by atoms with Gasteiger partial charge in [-0.2, -0.15) is 5.10 Å². The van der Waals surface area contributed by atoms with Crippen molar-refractivity contribution in [3.05, 3.63) is 87.1 Å². The van der Waals surface area contributed by atoms with Gasteiger partial charge in [-0.1, -0.05) is 40.2 Å². The van der Waals surface area contributed by atoms with Crippen molar-refractivity contribution in [2.75, 3.05) is 0 Å². The Balaban J connectivity index is 1.69. The standard InChI is InChI=1S/C22H22BrN3O/c1-15-5-4-6-21(11-15)26-16(2)12-19(17(26)3)14-24-25-22(27)13-18-7-9-20(23)10-8-18/h4-12,14H,13H2,1-3H3,(H,25,27)/b24-14-. The molecule has 2 aromatic carbocycles. The zero-order valence-corrected chi connectivity index (χ0v) is 17.2. The number of nitrogens with one attached hydrogen (secondary N) is 1. The van der Waals surface area contributed by atoms with Crippen molar-refractivity contribution in [3.63, 3.8) is 0 Å². The summed E-state index contributed by atoms with van der Waals surface area (Å²) in [6.07, 6.45) is 2.00. The number of nitrogens with zero attached hydrogens (tertiary/aromatic N) is 2. The van der Waals surface area contributed by atoms with Crippen molar-refractivity contribution in [2.45, 2.75) is 27.2 Å². The molecule has 1 N–H and O–H groups in total. The van der Waals surface area contributed by atoms with E-state index < -0.39 is 0 Å². The second-order valence-electron chi connectivity index (χ2n) is 6.60. The fraction of sp³-hybridized carbons (Fsp3) is 0.182. The number of carbonyl (C=O) groups excluding carboxylic acids is 1. The predicted octanol–water partition coefficient (Wildman–Crippen LogP) is 4.86. The van der Waals surface area contributed by atoms with Crippen LogP contribution in [0.2, 0.25) is 0 Å². The van der Waals surface area contributed by atoms with E-state index in [9.17, 15) is 4.79 Å². The average molecular weight is 424 g/mol. The zero-order valence-electron chi connectivity index (χ0n) is 15.7. The molecular weight excluding hydrogens is 402 g/mol. The molecule has 27 heavy (non-hydrogen) atoms. The Bertz CT molecular complexity index is 987. The first-order valence-electron chi connectivity index (χ1n) is 8.76. The number of benzene rings is 2. The third-order valence-electron chi connectivity index (χ3n) is 4.40. The third kappa shape index (κ3) is 4.74. The highest BCUT2D eigenvalue weighted by molar-refractivity contribution is 9.10. The molecular formula is C22H22BrN3O. The van der Waals surface area contributed by atoms with Crippen LogP contribution < -0.4 is 5.43 Å². The van der Waals surface area contributed by atoms with Gasteiger partial charge in [0, 0.05) is 27.1 Å². The van der Waals surface area contributed by atoms with E-state index in [1.54, 1.807) is 6.21 Å². The molecule has 0 saturated carbocycles. The largest absolute Gasteiger partial charge is 0.318 e. The molecule has 1 aromatic heterocycles. The van der Waals surface area contributed by atoms with Crippen LogP contribution in [-0.2, 0) is 11.2 Å². The number of aromatic nitrogens is 1. The van der Waals surface area contributed by atoms with Crippen LogP contribution in [0, 0.1) is 20.8 Å². The smallest absolute Gasteiger partial charge is 0.244 e. The Morgan fingerprint density at radius 2 is 1.85 bits per heavy atom. The van der Waals surface area contributed by atoms with Crippen molar-refractivity contribution in [1.82, 2.24) is 9.99 Å². The molecule has 0 fully saturated rings. The molecule has 1 heterocycles. The lowest BCUT2D eigenvalue weighted by molar-refractivity contribution is -0.120. The summed E-state index contributed by atoms with van der Waals surface area (Å²) in [7, 11) is 0. The van der Waals surface area contributed by atoms with E-state index in [0.29, 0.717) is 6.42 Å². The van der Waals surface area contributed by atoms with E-state index in [1.807, 2.05) is 24.3 Å². The Labute approximate surface area is 168 Å². The number of carbonyl (C=O) groups is 1. The number of amides is 1. The summed E-state index contributed by atoms with van der Waals surface area (Å²) in [4.78, 5) is 12.1. The van der Waals surface area contributed by atoms with Gasteiger partial charge < -0.3 is 4.57 Å². The average Bonchev–Trinajstić information content (AvgIpc) is 2.91. The fourth-order valence-corrected chi connectivity index (χ4v) is 3.35. The number of hydrogen-bond acceptors (Lipinski definition) is 2. The molecule has 5 heteroatoms. The Morgan fingerprint density at radius 1 is 1.11 bits per heavy atom. The molecule has 0 aliphatic carbocycles. The van der Waals surface area contributed by atoms with Crippen LogP contribution in [0.25, 0.3) is 5.69 Å². The van der Waals surface area contributed by atoms with Gasteiger partial charge in [-0.15, -0.1) is 0 Å². The van der Waals surface area contributed by atoms with Gasteiger partial charge in [0.05, 0.1) is 12.6 Å². The van der Waals surface area contributed by atoms with Gasteiger partial charge in [0.2, 0.25) is 5.91 Å². The van der Waals surface area contributed by atoms with Crippen LogP contribution in [0.5, 0.6) is 0 Å². The van der Waals surface area contributed by atoms with Gasteiger partial charge in [-0.3, -0.25) is 4.79 Å². The monoisotopic (exact) mass is 423 g/mol. The van der Waals surface area contributed by atoms with Crippen LogP contribution >= 0.6 is 15.9 Å². The number of aryl methyl sites for hydroxylation is 2. The molecule has 0 aliphatic rings. The van der Waals surface area contributed by atoms with Crippen molar-refractivity contribution in [1.29, 1.82) is 0 Å². The molecule has 3 aromatic rings. The van der Waals surface area contributed by atoms with E-state index in [-0.39, 0.29) is 5.91 Å². The first kappa shape index (κ1) is 19.1. The highest BCUT2D eigenvalue weighted by atomic mass is 79.9. The highest BCUT2D eigenvalue weighted by Crippen LogP contribution is 2.20. The van der Waals surface area contributed by atoms with Gasteiger partial charge in [0.15, 0.2) is 0 Å². The van der Waals surface area contributed by atoms with Crippen LogP contribution in [-0.4, -0.2) is 16.7 Å². The first-order valence-corrected chi connectivity index (χ1v) is 9.55. The lowest BCUT2D eigenvalue weighted by Gasteiger charge is -2.10. The van der Waals surface area contributed by atoms with E-state index >= 15 is 0 Å². The van der Waals surface area contributed by atoms with E-state index in [1.165, 1.54) is 5.56 Å². The summed E-state index contributed by atoms with van der Waals surface area (Å²) < 4.78 is 3.19. The molecule has 0 spiro atoms. The number of rotatable bonds is 5. The molecule has 0 atom stereocenters. The van der Waals surface area contributed by atoms with Crippen LogP contribution in [0.15, 0.2) is 64.2 Å². The van der Waals surface area contributed by atoms with Crippen molar-refractivity contribution in [2.24, 2.45) is 5.10 Å². The molecule has 3 rings (SSSR count). The molecule has 0 radical (unpaired) electrons. The molecule has 0 aliphatic heterocycles. The van der Waals surface area contributed by atoms with Crippen LogP contribution in [0.3, 0.4) is 0 Å². The van der Waals surface area contributed by atoms with E-state index in [4.69, 9.17) is 0 Å². The summed E-state index contributed by atoms with van der Waals surface area (Å²) >= 11 is 3.39. The maximum atomic E-state index is 12.1. The quantitative estimate of drug-likeness (QED) is 0.462. The van der Waals surface area contributed by atoms with E-state index in [0.717, 1.165) is 32.7 Å². The lowest BCUT2D eigenvalue weighted by Crippen LogP contribution is -2.19. The minimum atomic E-state index is -0.138. The number of hydrazone groups is 1. The normalized spacial score (nSPS) is 11.1. The molecule has 138 valence electrons. The fourth-order valence-electron chi connectivity index (χ4n) is 3.08. The number of hydrogen-bond donors (Lipinski definition) is 1. The topological polar surface area (TPSA) is 46.4 Å². The van der Waals surface area contributed by atoms with E-state index in [2.05, 4.69) is 82.1 Å². The van der Waals surface area contributed by atoms with Crippen LogP contribution in [0.4, 0.5) is 0 Å². The van der Waals surface area contributed by atoms with Crippen molar-refractivity contribution < 1.29 is 4.79 Å². The van der Waals surface area contributed by atoms with Gasteiger partial charge in [-0.25, -0.2) is 5.43 Å². The van der Waals surface area contributed by atoms with Crippen molar-refractivity contribution in [3.8, 4) is 5.69 Å². The van der Waals surface area contributed by atoms with Gasteiger partial charge >= 0.3 is 0 Å². The molecule has 1 amide bonds. The van der Waals surface area contributed by atoms with Gasteiger partial charge in [0.25, 0.3) is 0 Å². The van der Waals surface area contributed by atoms with Crippen LogP contribution in [0.1, 0.15) is 28.1 Å². The second-order valence-corrected chi connectivity index (χ2v) is 7.51. The minimum absolute atomic E-state index is 0.138. The summed E-state index contributed by atoms with van der Waals surface area (Å²) in [5.41, 5.74) is 9.10. The van der Waals surface area contributed by atoms with Gasteiger partial charge in [-0.05, 0) is 62.2 Å². The molecule has 0 saturated heterocycles. The maximum Gasteiger partial charge on any atom is 0.244 e. The summed E-state index contributed by atoms with van der Waals surface area (Å²) in [6.45, 7) is 6.21. The Hall–Kier alpha value is -2.66. The predicted molar refractivity (Wildman–Crippen MR) is 114 cm³/mol. The SMILES string of the molecule is Cc1cccc(-n2c(C)cc(/C=N\NC(=O)Cc3ccc(Br)cc3)c2C)c1. The number of halogens is 1. The van der Waals surface area contributed by atoms with Gasteiger partial charge in [0.1, 0.15) is 0 Å². The third-order valence-corrected chi connectivity index (χ3v) is 4.93. The Kier molecular flexibility index (Phi) is 5.91. The lowest BCUT2D eigenvalue weighted by atomic mass is 10.1. The molecule has 4 nitrogen and oxygen atoms in total. The zero-order chi connectivity index (χ0) is 19.4. The summed E-state index contributed by atoms with van der Waals surface area (Å²) in [6, 6.07) is 18.1. The second kappa shape index (κ2) is 8.35. The minimum Gasteiger partial charge on any atom is -0.318 e. The van der Waals surface area contributed by atoms with Crippen molar-refractivity contribution >= 4 is 28.1 Å². The summed E-state index contributed by atoms with van der Waals surface area (Å²) in [5, 5.41) is 4.13. The highest BCUT2D eigenvalue weighted by Gasteiger charge is 2.09. The first-order chi connectivity index (χ1) is 12.9. The molecule has 0 bridgehead atoms. The maximum absolute atomic E-state index is 12.1. The Morgan fingerprint density at radius 3 is 2.56 bits per heavy atom.